The highest BCUT2D eigenvalue weighted by Crippen LogP contribution is 2.41. The number of nitrogens with zero attached hydrogens (tertiary/aromatic N) is 1. The van der Waals surface area contributed by atoms with Gasteiger partial charge in [0.2, 0.25) is 0 Å². The van der Waals surface area contributed by atoms with Crippen molar-refractivity contribution in [3.05, 3.63) is 161 Å². The molecule has 196 valence electrons. The summed E-state index contributed by atoms with van der Waals surface area (Å²) in [5.74, 6) is -0.0520. The Morgan fingerprint density at radius 1 is 0.537 bits per heavy atom. The molecule has 0 fully saturated rings. The second-order valence-electron chi connectivity index (χ2n) is 9.85. The molecular formula is C37H24BrNO2. The zero-order valence-corrected chi connectivity index (χ0v) is 23.6. The molecule has 4 heteroatoms. The van der Waals surface area contributed by atoms with Crippen LogP contribution >= 0.6 is 15.9 Å². The standard InChI is InChI=1S/C37H24BrNO2/c38-33-15-7-4-13-31(33)37(40)32-14-5-8-16-34(32)39(27-20-18-26(19-21-27)25-10-2-1-3-11-25)28-22-23-30-29-12-6-9-17-35(29)41-36(30)24-28/h1-24H. The molecule has 0 aliphatic heterocycles. The maximum absolute atomic E-state index is 13.9. The molecule has 1 aromatic heterocycles. The van der Waals surface area contributed by atoms with E-state index in [1.807, 2.05) is 84.9 Å². The highest BCUT2D eigenvalue weighted by molar-refractivity contribution is 9.10. The Kier molecular flexibility index (Phi) is 6.46. The van der Waals surface area contributed by atoms with E-state index >= 15 is 0 Å². The molecule has 7 aromatic rings. The number of halogens is 1. The molecule has 6 aromatic carbocycles. The van der Waals surface area contributed by atoms with Crippen LogP contribution in [0.25, 0.3) is 33.1 Å². The van der Waals surface area contributed by atoms with Crippen LogP contribution in [0, 0.1) is 0 Å². The third-order valence-corrected chi connectivity index (χ3v) is 8.05. The molecule has 0 bridgehead atoms. The van der Waals surface area contributed by atoms with E-state index in [-0.39, 0.29) is 5.78 Å². The fourth-order valence-corrected chi connectivity index (χ4v) is 5.83. The normalized spacial score (nSPS) is 11.1. The Labute approximate surface area is 246 Å². The van der Waals surface area contributed by atoms with Crippen LogP contribution in [0.3, 0.4) is 0 Å². The van der Waals surface area contributed by atoms with Crippen molar-refractivity contribution in [2.24, 2.45) is 0 Å². The fourth-order valence-electron chi connectivity index (χ4n) is 5.37. The van der Waals surface area contributed by atoms with E-state index in [9.17, 15) is 4.79 Å². The number of ketones is 1. The molecule has 0 unspecified atom stereocenters. The van der Waals surface area contributed by atoms with Gasteiger partial charge in [0.25, 0.3) is 0 Å². The maximum atomic E-state index is 13.9. The fraction of sp³-hybridized carbons (Fsp3) is 0. The van der Waals surface area contributed by atoms with Crippen LogP contribution < -0.4 is 4.90 Å². The smallest absolute Gasteiger partial charge is 0.196 e. The average molecular weight is 595 g/mol. The summed E-state index contributed by atoms with van der Waals surface area (Å²) in [4.78, 5) is 16.1. The Balaban J connectivity index is 1.41. The molecule has 0 saturated heterocycles. The number of benzene rings is 6. The van der Waals surface area contributed by atoms with Crippen molar-refractivity contribution in [3.8, 4) is 11.1 Å². The van der Waals surface area contributed by atoms with E-state index < -0.39 is 0 Å². The van der Waals surface area contributed by atoms with Crippen molar-refractivity contribution in [2.75, 3.05) is 4.90 Å². The van der Waals surface area contributed by atoms with Crippen molar-refractivity contribution in [3.63, 3.8) is 0 Å². The lowest BCUT2D eigenvalue weighted by molar-refractivity contribution is 0.103. The lowest BCUT2D eigenvalue weighted by Crippen LogP contribution is -2.15. The van der Waals surface area contributed by atoms with Gasteiger partial charge in [-0.15, -0.1) is 0 Å². The molecule has 1 heterocycles. The summed E-state index contributed by atoms with van der Waals surface area (Å²) in [5, 5.41) is 2.14. The lowest BCUT2D eigenvalue weighted by Gasteiger charge is -2.27. The van der Waals surface area contributed by atoms with Crippen LogP contribution in [0.15, 0.2) is 154 Å². The van der Waals surface area contributed by atoms with E-state index in [0.717, 1.165) is 54.6 Å². The third-order valence-electron chi connectivity index (χ3n) is 7.36. The first-order valence-corrected chi connectivity index (χ1v) is 14.2. The van der Waals surface area contributed by atoms with Crippen molar-refractivity contribution in [2.45, 2.75) is 0 Å². The number of fused-ring (bicyclic) bond motifs is 3. The number of para-hydroxylation sites is 2. The van der Waals surface area contributed by atoms with Crippen LogP contribution in [0.1, 0.15) is 15.9 Å². The molecule has 0 amide bonds. The third kappa shape index (κ3) is 4.62. The summed E-state index contributed by atoms with van der Waals surface area (Å²) in [5.41, 5.74) is 7.77. The molecule has 0 atom stereocenters. The zero-order chi connectivity index (χ0) is 27.8. The Morgan fingerprint density at radius 2 is 1.15 bits per heavy atom. The van der Waals surface area contributed by atoms with Gasteiger partial charge in [0, 0.05) is 43.8 Å². The second kappa shape index (κ2) is 10.6. The molecule has 0 spiro atoms. The summed E-state index contributed by atoms with van der Waals surface area (Å²) in [6.45, 7) is 0. The van der Waals surface area contributed by atoms with Gasteiger partial charge in [0.05, 0.1) is 5.69 Å². The van der Waals surface area contributed by atoms with Crippen molar-refractivity contribution < 1.29 is 9.21 Å². The molecule has 7 rings (SSSR count). The molecule has 0 N–H and O–H groups in total. The molecule has 3 nitrogen and oxygen atoms in total. The van der Waals surface area contributed by atoms with Crippen molar-refractivity contribution in [1.82, 2.24) is 0 Å². The van der Waals surface area contributed by atoms with Crippen LogP contribution in [0.2, 0.25) is 0 Å². The number of anilines is 3. The van der Waals surface area contributed by atoms with E-state index in [4.69, 9.17) is 4.42 Å². The Bertz CT molecular complexity index is 2030. The van der Waals surface area contributed by atoms with Gasteiger partial charge < -0.3 is 9.32 Å². The van der Waals surface area contributed by atoms with Gasteiger partial charge in [-0.3, -0.25) is 4.79 Å². The number of carbonyl (C=O) groups is 1. The van der Waals surface area contributed by atoms with Gasteiger partial charge in [0.1, 0.15) is 11.2 Å². The van der Waals surface area contributed by atoms with Crippen molar-refractivity contribution in [1.29, 1.82) is 0 Å². The van der Waals surface area contributed by atoms with Gasteiger partial charge in [-0.2, -0.15) is 0 Å². The quantitative estimate of drug-likeness (QED) is 0.180. The van der Waals surface area contributed by atoms with E-state index in [0.29, 0.717) is 11.1 Å². The Morgan fingerprint density at radius 3 is 1.95 bits per heavy atom. The first kappa shape index (κ1) is 25.1. The first-order chi connectivity index (χ1) is 20.2. The summed E-state index contributed by atoms with van der Waals surface area (Å²) in [6, 6.07) is 48.4. The van der Waals surface area contributed by atoms with Gasteiger partial charge in [0.15, 0.2) is 5.78 Å². The van der Waals surface area contributed by atoms with E-state index in [1.165, 1.54) is 0 Å². The minimum absolute atomic E-state index is 0.0520. The average Bonchev–Trinajstić information content (AvgIpc) is 3.40. The molecule has 0 saturated carbocycles. The van der Waals surface area contributed by atoms with Gasteiger partial charge in [-0.05, 0) is 65.7 Å². The summed E-state index contributed by atoms with van der Waals surface area (Å²) in [6.07, 6.45) is 0. The monoisotopic (exact) mass is 593 g/mol. The summed E-state index contributed by atoms with van der Waals surface area (Å²) >= 11 is 3.57. The number of rotatable bonds is 6. The minimum atomic E-state index is -0.0520. The summed E-state index contributed by atoms with van der Waals surface area (Å²) < 4.78 is 7.02. The largest absolute Gasteiger partial charge is 0.456 e. The van der Waals surface area contributed by atoms with E-state index in [2.05, 4.69) is 81.5 Å². The maximum Gasteiger partial charge on any atom is 0.196 e. The molecule has 41 heavy (non-hydrogen) atoms. The summed E-state index contributed by atoms with van der Waals surface area (Å²) in [7, 11) is 0. The van der Waals surface area contributed by atoms with E-state index in [1.54, 1.807) is 0 Å². The minimum Gasteiger partial charge on any atom is -0.456 e. The van der Waals surface area contributed by atoms with Gasteiger partial charge in [-0.25, -0.2) is 0 Å². The predicted molar refractivity (Wildman–Crippen MR) is 171 cm³/mol. The van der Waals surface area contributed by atoms with Crippen molar-refractivity contribution >= 4 is 60.7 Å². The highest BCUT2D eigenvalue weighted by atomic mass is 79.9. The number of furan rings is 1. The topological polar surface area (TPSA) is 33.5 Å². The van der Waals surface area contributed by atoms with Crippen LogP contribution in [-0.2, 0) is 0 Å². The zero-order valence-electron chi connectivity index (χ0n) is 22.0. The SMILES string of the molecule is O=C(c1ccccc1Br)c1ccccc1N(c1ccc(-c2ccccc2)cc1)c1ccc2c(c1)oc1ccccc12. The van der Waals surface area contributed by atoms with Gasteiger partial charge in [-0.1, -0.05) is 101 Å². The highest BCUT2D eigenvalue weighted by Gasteiger charge is 2.22. The second-order valence-corrected chi connectivity index (χ2v) is 10.7. The first-order valence-electron chi connectivity index (χ1n) is 13.4. The molecule has 0 aliphatic rings. The Hall–Kier alpha value is -4.93. The van der Waals surface area contributed by atoms with Crippen LogP contribution in [-0.4, -0.2) is 5.78 Å². The lowest BCUT2D eigenvalue weighted by atomic mass is 9.99. The predicted octanol–water partition coefficient (Wildman–Crippen LogP) is 10.7. The number of hydrogen-bond acceptors (Lipinski definition) is 3. The number of hydrogen-bond donors (Lipinski definition) is 0. The van der Waals surface area contributed by atoms with Crippen LogP contribution in [0.4, 0.5) is 17.1 Å². The molecular weight excluding hydrogens is 570 g/mol. The molecule has 0 radical (unpaired) electrons. The van der Waals surface area contributed by atoms with Gasteiger partial charge >= 0.3 is 0 Å². The molecule has 0 aliphatic carbocycles. The number of carbonyl (C=O) groups excluding carboxylic acids is 1. The van der Waals surface area contributed by atoms with Crippen LogP contribution in [0.5, 0.6) is 0 Å².